The summed E-state index contributed by atoms with van der Waals surface area (Å²) in [5.41, 5.74) is 5.55. The highest BCUT2D eigenvalue weighted by Crippen LogP contribution is 2.19. The summed E-state index contributed by atoms with van der Waals surface area (Å²) in [4.78, 5) is 3.56. The van der Waals surface area contributed by atoms with Crippen LogP contribution in [0.2, 0.25) is 0 Å². The van der Waals surface area contributed by atoms with Gasteiger partial charge >= 0.3 is 0 Å². The van der Waals surface area contributed by atoms with Gasteiger partial charge in [0, 0.05) is 0 Å². The molecule has 0 fully saturated rings. The van der Waals surface area contributed by atoms with Gasteiger partial charge in [-0.15, -0.1) is 0 Å². The van der Waals surface area contributed by atoms with Gasteiger partial charge in [0.05, 0.1) is 23.9 Å². The summed E-state index contributed by atoms with van der Waals surface area (Å²) in [6, 6.07) is 4.29. The monoisotopic (exact) mass is 183 g/mol. The van der Waals surface area contributed by atoms with Crippen LogP contribution in [-0.2, 0) is 6.42 Å². The summed E-state index contributed by atoms with van der Waals surface area (Å²) < 4.78 is 24.3. The van der Waals surface area contributed by atoms with Crippen molar-refractivity contribution < 1.29 is 8.78 Å². The molecule has 68 valence electrons. The van der Waals surface area contributed by atoms with Crippen LogP contribution in [0.3, 0.4) is 0 Å². The van der Waals surface area contributed by atoms with Gasteiger partial charge in [0.15, 0.2) is 0 Å². The number of hydrogen-bond donors (Lipinski definition) is 1. The molecule has 5 heteroatoms. The van der Waals surface area contributed by atoms with Crippen LogP contribution in [0.25, 0.3) is 0 Å². The first-order chi connectivity index (χ1) is 6.15. The largest absolute Gasteiger partial charge is 0.397 e. The van der Waals surface area contributed by atoms with Crippen LogP contribution in [0.5, 0.6) is 0 Å². The average Bonchev–Trinajstić information content (AvgIpc) is 2.08. The third-order valence-electron chi connectivity index (χ3n) is 1.50. The predicted octanol–water partition coefficient (Wildman–Crippen LogP) is 1.67. The number of alkyl halides is 2. The highest BCUT2D eigenvalue weighted by molar-refractivity contribution is 5.44. The molecule has 0 aliphatic rings. The van der Waals surface area contributed by atoms with Crippen molar-refractivity contribution in [3.63, 3.8) is 0 Å². The van der Waals surface area contributed by atoms with Gasteiger partial charge in [-0.1, -0.05) is 0 Å². The van der Waals surface area contributed by atoms with Crippen molar-refractivity contribution in [2.75, 3.05) is 5.73 Å². The van der Waals surface area contributed by atoms with Gasteiger partial charge in [-0.2, -0.15) is 5.26 Å². The van der Waals surface area contributed by atoms with Crippen molar-refractivity contribution in [3.05, 3.63) is 23.5 Å². The minimum atomic E-state index is -2.63. The summed E-state index contributed by atoms with van der Waals surface area (Å²) in [6.07, 6.45) is -2.68. The number of rotatable bonds is 2. The van der Waals surface area contributed by atoms with Gasteiger partial charge < -0.3 is 5.73 Å². The van der Waals surface area contributed by atoms with Crippen LogP contribution < -0.4 is 5.73 Å². The van der Waals surface area contributed by atoms with Gasteiger partial charge in [-0.05, 0) is 12.1 Å². The zero-order valence-corrected chi connectivity index (χ0v) is 6.67. The molecule has 0 radical (unpaired) electrons. The van der Waals surface area contributed by atoms with Crippen molar-refractivity contribution in [1.82, 2.24) is 4.98 Å². The molecule has 0 amide bonds. The van der Waals surface area contributed by atoms with Crippen molar-refractivity contribution in [2.24, 2.45) is 0 Å². The molecule has 0 bridgehead atoms. The Morgan fingerprint density at radius 1 is 1.54 bits per heavy atom. The minimum Gasteiger partial charge on any atom is -0.397 e. The van der Waals surface area contributed by atoms with Crippen LogP contribution >= 0.6 is 0 Å². The SMILES string of the molecule is N#CCc1nc(C(F)F)ccc1N. The van der Waals surface area contributed by atoms with E-state index in [2.05, 4.69) is 4.98 Å². The molecule has 0 saturated carbocycles. The lowest BCUT2D eigenvalue weighted by molar-refractivity contribution is 0.146. The van der Waals surface area contributed by atoms with E-state index in [4.69, 9.17) is 11.0 Å². The van der Waals surface area contributed by atoms with E-state index >= 15 is 0 Å². The molecule has 1 rings (SSSR count). The summed E-state index contributed by atoms with van der Waals surface area (Å²) in [6.45, 7) is 0. The molecule has 0 aromatic carbocycles. The molecule has 0 unspecified atom stereocenters. The molecular formula is C8H7F2N3. The molecule has 0 spiro atoms. The number of nitriles is 1. The number of pyridine rings is 1. The lowest BCUT2D eigenvalue weighted by atomic mass is 10.2. The zero-order valence-electron chi connectivity index (χ0n) is 6.67. The first kappa shape index (κ1) is 9.39. The van der Waals surface area contributed by atoms with Crippen molar-refractivity contribution >= 4 is 5.69 Å². The highest BCUT2D eigenvalue weighted by Gasteiger charge is 2.10. The Kier molecular flexibility index (Phi) is 2.75. The Hall–Kier alpha value is -1.70. The number of halogens is 2. The predicted molar refractivity (Wildman–Crippen MR) is 42.9 cm³/mol. The maximum Gasteiger partial charge on any atom is 0.280 e. The molecule has 0 aliphatic carbocycles. The standard InChI is InChI=1S/C8H7F2N3/c9-8(10)7-2-1-5(12)6(13-7)3-4-11/h1-2,8H,3,12H2. The average molecular weight is 183 g/mol. The van der Waals surface area contributed by atoms with E-state index in [9.17, 15) is 8.78 Å². The molecular weight excluding hydrogens is 176 g/mol. The van der Waals surface area contributed by atoms with E-state index in [1.165, 1.54) is 6.07 Å². The molecule has 0 saturated heterocycles. The van der Waals surface area contributed by atoms with E-state index < -0.39 is 6.43 Å². The van der Waals surface area contributed by atoms with Gasteiger partial charge in [-0.3, -0.25) is 0 Å². The van der Waals surface area contributed by atoms with Crippen molar-refractivity contribution in [2.45, 2.75) is 12.8 Å². The molecule has 1 aromatic rings. The minimum absolute atomic E-state index is 0.0492. The van der Waals surface area contributed by atoms with E-state index in [1.807, 2.05) is 0 Å². The third-order valence-corrected chi connectivity index (χ3v) is 1.50. The molecule has 13 heavy (non-hydrogen) atoms. The van der Waals surface area contributed by atoms with Gasteiger partial charge in [0.25, 0.3) is 6.43 Å². The summed E-state index contributed by atoms with van der Waals surface area (Å²) >= 11 is 0. The fraction of sp³-hybridized carbons (Fsp3) is 0.250. The first-order valence-corrected chi connectivity index (χ1v) is 3.55. The smallest absolute Gasteiger partial charge is 0.280 e. The van der Waals surface area contributed by atoms with E-state index in [0.29, 0.717) is 0 Å². The van der Waals surface area contributed by atoms with E-state index in [-0.39, 0.29) is 23.5 Å². The summed E-state index contributed by atoms with van der Waals surface area (Å²) in [5.74, 6) is 0. The second-order valence-corrected chi connectivity index (χ2v) is 2.41. The van der Waals surface area contributed by atoms with E-state index in [1.54, 1.807) is 6.07 Å². The Morgan fingerprint density at radius 3 is 2.77 bits per heavy atom. The Bertz CT molecular complexity index is 344. The molecule has 1 heterocycles. The molecule has 0 aliphatic heterocycles. The van der Waals surface area contributed by atoms with Crippen molar-refractivity contribution in [1.29, 1.82) is 5.26 Å². The van der Waals surface area contributed by atoms with Crippen LogP contribution in [0.15, 0.2) is 12.1 Å². The highest BCUT2D eigenvalue weighted by atomic mass is 19.3. The Morgan fingerprint density at radius 2 is 2.23 bits per heavy atom. The molecule has 3 nitrogen and oxygen atoms in total. The number of nitrogen functional groups attached to an aromatic ring is 1. The number of nitrogens with zero attached hydrogens (tertiary/aromatic N) is 2. The number of anilines is 1. The molecule has 1 aromatic heterocycles. The third kappa shape index (κ3) is 2.12. The fourth-order valence-corrected chi connectivity index (χ4v) is 0.867. The lowest BCUT2D eigenvalue weighted by Crippen LogP contribution is -2.00. The quantitative estimate of drug-likeness (QED) is 0.758. The second-order valence-electron chi connectivity index (χ2n) is 2.41. The van der Waals surface area contributed by atoms with E-state index in [0.717, 1.165) is 6.07 Å². The van der Waals surface area contributed by atoms with Crippen LogP contribution in [-0.4, -0.2) is 4.98 Å². The van der Waals surface area contributed by atoms with Crippen LogP contribution in [0.1, 0.15) is 17.8 Å². The number of hydrogen-bond acceptors (Lipinski definition) is 3. The van der Waals surface area contributed by atoms with Gasteiger partial charge in [0.1, 0.15) is 5.69 Å². The first-order valence-electron chi connectivity index (χ1n) is 3.55. The van der Waals surface area contributed by atoms with Crippen LogP contribution in [0, 0.1) is 11.3 Å². The normalized spacial score (nSPS) is 10.0. The topological polar surface area (TPSA) is 62.7 Å². The molecule has 0 atom stereocenters. The van der Waals surface area contributed by atoms with Gasteiger partial charge in [-0.25, -0.2) is 13.8 Å². The maximum absolute atomic E-state index is 12.1. The summed E-state index contributed by atoms with van der Waals surface area (Å²) in [7, 11) is 0. The Balaban J connectivity index is 3.05. The van der Waals surface area contributed by atoms with Crippen LogP contribution in [0.4, 0.5) is 14.5 Å². The molecule has 2 N–H and O–H groups in total. The second kappa shape index (κ2) is 3.81. The number of nitrogens with two attached hydrogens (primary N) is 1. The zero-order chi connectivity index (χ0) is 9.84. The summed E-state index contributed by atoms with van der Waals surface area (Å²) in [5, 5.41) is 8.34. The number of aromatic nitrogens is 1. The lowest BCUT2D eigenvalue weighted by Gasteiger charge is -2.03. The Labute approximate surface area is 73.8 Å². The fourth-order valence-electron chi connectivity index (χ4n) is 0.867. The van der Waals surface area contributed by atoms with Crippen molar-refractivity contribution in [3.8, 4) is 6.07 Å². The van der Waals surface area contributed by atoms with Gasteiger partial charge in [0.2, 0.25) is 0 Å². The maximum atomic E-state index is 12.1.